The van der Waals surface area contributed by atoms with Gasteiger partial charge in [-0.15, -0.1) is 0 Å². The van der Waals surface area contributed by atoms with Crippen LogP contribution in [-0.2, 0) is 16.1 Å². The molecule has 0 saturated carbocycles. The second-order valence-electron chi connectivity index (χ2n) is 6.53. The molecule has 130 valence electrons. The third kappa shape index (κ3) is 9.92. The molecule has 5 nitrogen and oxygen atoms in total. The Bertz CT molecular complexity index is 442. The van der Waals surface area contributed by atoms with Crippen molar-refractivity contribution in [2.45, 2.75) is 58.3 Å². The molecule has 1 amide bonds. The Balaban J connectivity index is 2.12. The lowest BCUT2D eigenvalue weighted by atomic mass is 10.1. The SMILES string of the molecule is CC(C)(C)OC(=O)NCCCCC(CO)OCc1ccccc1. The van der Waals surface area contributed by atoms with Crippen molar-refractivity contribution >= 4 is 6.09 Å². The van der Waals surface area contributed by atoms with Gasteiger partial charge in [-0.2, -0.15) is 0 Å². The van der Waals surface area contributed by atoms with E-state index in [9.17, 15) is 9.90 Å². The zero-order valence-electron chi connectivity index (χ0n) is 14.4. The summed E-state index contributed by atoms with van der Waals surface area (Å²) in [5, 5.41) is 12.1. The first kappa shape index (κ1) is 19.5. The van der Waals surface area contributed by atoms with Crippen LogP contribution < -0.4 is 5.32 Å². The Morgan fingerprint density at radius 2 is 1.91 bits per heavy atom. The molecule has 0 radical (unpaired) electrons. The zero-order valence-corrected chi connectivity index (χ0v) is 14.4. The van der Waals surface area contributed by atoms with Crippen LogP contribution >= 0.6 is 0 Å². The largest absolute Gasteiger partial charge is 0.444 e. The first-order valence-corrected chi connectivity index (χ1v) is 8.14. The number of unbranched alkanes of at least 4 members (excludes halogenated alkanes) is 1. The van der Waals surface area contributed by atoms with E-state index < -0.39 is 11.7 Å². The van der Waals surface area contributed by atoms with Gasteiger partial charge in [-0.3, -0.25) is 0 Å². The van der Waals surface area contributed by atoms with E-state index in [4.69, 9.17) is 9.47 Å². The van der Waals surface area contributed by atoms with Crippen LogP contribution in [0.25, 0.3) is 0 Å². The molecule has 1 unspecified atom stereocenters. The molecule has 0 bridgehead atoms. The average molecular weight is 323 g/mol. The van der Waals surface area contributed by atoms with Crippen LogP contribution in [0, 0.1) is 0 Å². The van der Waals surface area contributed by atoms with E-state index in [1.807, 2.05) is 51.1 Å². The maximum Gasteiger partial charge on any atom is 0.407 e. The van der Waals surface area contributed by atoms with Crippen LogP contribution in [0.4, 0.5) is 4.79 Å². The summed E-state index contributed by atoms with van der Waals surface area (Å²) in [5.74, 6) is 0. The van der Waals surface area contributed by atoms with Crippen molar-refractivity contribution < 1.29 is 19.4 Å². The molecule has 0 aromatic heterocycles. The Hall–Kier alpha value is -1.59. The predicted octanol–water partition coefficient (Wildman–Crippen LogP) is 3.26. The molecule has 1 aromatic carbocycles. The third-order valence-corrected chi connectivity index (χ3v) is 3.15. The second-order valence-corrected chi connectivity index (χ2v) is 6.53. The number of rotatable bonds is 9. The summed E-state index contributed by atoms with van der Waals surface area (Å²) >= 11 is 0. The molecule has 1 rings (SSSR count). The molecule has 0 aliphatic carbocycles. The maximum atomic E-state index is 11.5. The predicted molar refractivity (Wildman–Crippen MR) is 90.2 cm³/mol. The lowest BCUT2D eigenvalue weighted by Crippen LogP contribution is -2.33. The van der Waals surface area contributed by atoms with E-state index in [0.717, 1.165) is 24.8 Å². The van der Waals surface area contributed by atoms with Crippen molar-refractivity contribution in [3.8, 4) is 0 Å². The van der Waals surface area contributed by atoms with E-state index in [1.54, 1.807) is 0 Å². The number of carbonyl (C=O) groups is 1. The van der Waals surface area contributed by atoms with Gasteiger partial charge in [0, 0.05) is 6.54 Å². The molecule has 23 heavy (non-hydrogen) atoms. The number of nitrogens with one attached hydrogen (secondary N) is 1. The van der Waals surface area contributed by atoms with Crippen LogP contribution in [0.3, 0.4) is 0 Å². The number of benzene rings is 1. The minimum Gasteiger partial charge on any atom is -0.444 e. The number of carbonyl (C=O) groups excluding carboxylic acids is 1. The number of aliphatic hydroxyl groups excluding tert-OH is 1. The standard InChI is InChI=1S/C18H29NO4/c1-18(2,3)23-17(21)19-12-8-7-11-16(13-20)22-14-15-9-5-4-6-10-15/h4-6,9-10,16,20H,7-8,11-14H2,1-3H3,(H,19,21). The minimum atomic E-state index is -0.475. The lowest BCUT2D eigenvalue weighted by molar-refractivity contribution is -0.00342. The molecule has 5 heteroatoms. The van der Waals surface area contributed by atoms with Gasteiger partial charge in [-0.25, -0.2) is 4.79 Å². The topological polar surface area (TPSA) is 67.8 Å². The number of hydrogen-bond donors (Lipinski definition) is 2. The van der Waals surface area contributed by atoms with Gasteiger partial charge in [-0.1, -0.05) is 30.3 Å². The number of hydrogen-bond acceptors (Lipinski definition) is 4. The lowest BCUT2D eigenvalue weighted by Gasteiger charge is -2.19. The molecule has 0 aliphatic rings. The van der Waals surface area contributed by atoms with Crippen molar-refractivity contribution in [1.29, 1.82) is 0 Å². The van der Waals surface area contributed by atoms with Crippen LogP contribution in [0.1, 0.15) is 45.6 Å². The Labute approximate surface area is 139 Å². The summed E-state index contributed by atoms with van der Waals surface area (Å²) in [6.07, 6.45) is 1.90. The van der Waals surface area contributed by atoms with Gasteiger partial charge < -0.3 is 19.9 Å². The van der Waals surface area contributed by atoms with Crippen LogP contribution in [0.2, 0.25) is 0 Å². The van der Waals surface area contributed by atoms with Crippen molar-refractivity contribution in [2.24, 2.45) is 0 Å². The quantitative estimate of drug-likeness (QED) is 0.685. The van der Waals surface area contributed by atoms with Gasteiger partial charge in [0.15, 0.2) is 0 Å². The molecular weight excluding hydrogens is 294 g/mol. The highest BCUT2D eigenvalue weighted by Gasteiger charge is 2.15. The monoisotopic (exact) mass is 323 g/mol. The number of amides is 1. The smallest absolute Gasteiger partial charge is 0.407 e. The normalized spacial score (nSPS) is 12.7. The van der Waals surface area contributed by atoms with Gasteiger partial charge in [0.05, 0.1) is 19.3 Å². The maximum absolute atomic E-state index is 11.5. The number of alkyl carbamates (subject to hydrolysis) is 1. The zero-order chi connectivity index (χ0) is 17.1. The Kier molecular flexibility index (Phi) is 8.66. The van der Waals surface area contributed by atoms with E-state index >= 15 is 0 Å². The molecule has 0 spiro atoms. The van der Waals surface area contributed by atoms with E-state index in [1.165, 1.54) is 0 Å². The van der Waals surface area contributed by atoms with Gasteiger partial charge >= 0.3 is 6.09 Å². The van der Waals surface area contributed by atoms with Gasteiger partial charge in [0.1, 0.15) is 5.60 Å². The summed E-state index contributed by atoms with van der Waals surface area (Å²) in [6.45, 7) is 6.58. The first-order valence-electron chi connectivity index (χ1n) is 8.14. The number of aliphatic hydroxyl groups is 1. The molecule has 1 aromatic rings. The highest BCUT2D eigenvalue weighted by Crippen LogP contribution is 2.09. The summed E-state index contributed by atoms with van der Waals surface area (Å²) in [4.78, 5) is 11.5. The summed E-state index contributed by atoms with van der Waals surface area (Å²) in [7, 11) is 0. The van der Waals surface area contributed by atoms with Crippen molar-refractivity contribution in [3.63, 3.8) is 0 Å². The third-order valence-electron chi connectivity index (χ3n) is 3.15. The van der Waals surface area contributed by atoms with Gasteiger partial charge in [0.25, 0.3) is 0 Å². The molecule has 0 heterocycles. The number of ether oxygens (including phenoxy) is 2. The highest BCUT2D eigenvalue weighted by molar-refractivity contribution is 5.67. The minimum absolute atomic E-state index is 0.00628. The van der Waals surface area contributed by atoms with E-state index in [2.05, 4.69) is 5.32 Å². The van der Waals surface area contributed by atoms with Crippen LogP contribution in [-0.4, -0.2) is 36.1 Å². The highest BCUT2D eigenvalue weighted by atomic mass is 16.6. The fourth-order valence-electron chi connectivity index (χ4n) is 2.02. The summed E-state index contributed by atoms with van der Waals surface area (Å²) < 4.78 is 10.9. The molecule has 0 saturated heterocycles. The van der Waals surface area contributed by atoms with Gasteiger partial charge in [-0.05, 0) is 45.6 Å². The van der Waals surface area contributed by atoms with Crippen molar-refractivity contribution in [1.82, 2.24) is 5.32 Å². The summed E-state index contributed by atoms with van der Waals surface area (Å²) in [5.41, 5.74) is 0.620. The van der Waals surface area contributed by atoms with Crippen molar-refractivity contribution in [2.75, 3.05) is 13.2 Å². The molecule has 2 N–H and O–H groups in total. The second kappa shape index (κ2) is 10.2. The molecule has 1 atom stereocenters. The summed E-state index contributed by atoms with van der Waals surface area (Å²) in [6, 6.07) is 9.90. The molecule has 0 fully saturated rings. The Morgan fingerprint density at radius 3 is 2.52 bits per heavy atom. The van der Waals surface area contributed by atoms with Crippen LogP contribution in [0.15, 0.2) is 30.3 Å². The molecular formula is C18H29NO4. The molecule has 0 aliphatic heterocycles. The fourth-order valence-corrected chi connectivity index (χ4v) is 2.02. The van der Waals surface area contributed by atoms with Crippen molar-refractivity contribution in [3.05, 3.63) is 35.9 Å². The van der Waals surface area contributed by atoms with Gasteiger partial charge in [0.2, 0.25) is 0 Å². The first-order chi connectivity index (χ1) is 10.9. The average Bonchev–Trinajstić information content (AvgIpc) is 2.49. The van der Waals surface area contributed by atoms with E-state index in [-0.39, 0.29) is 12.7 Å². The fraction of sp³-hybridized carbons (Fsp3) is 0.611. The van der Waals surface area contributed by atoms with Crippen LogP contribution in [0.5, 0.6) is 0 Å². The van der Waals surface area contributed by atoms with E-state index in [0.29, 0.717) is 13.2 Å². The Morgan fingerprint density at radius 1 is 1.22 bits per heavy atom.